The largest absolute Gasteiger partial charge is 0.339 e. The lowest BCUT2D eigenvalue weighted by Crippen LogP contribution is -1.98. The Balaban J connectivity index is 1.92. The van der Waals surface area contributed by atoms with E-state index < -0.39 is 0 Å². The molecule has 3 rings (SSSR count). The molecule has 5 nitrogen and oxygen atoms in total. The third kappa shape index (κ3) is 2.38. The van der Waals surface area contributed by atoms with Crippen LogP contribution < -0.4 is 11.1 Å². The van der Waals surface area contributed by atoms with Crippen LogP contribution in [0.4, 0.5) is 15.9 Å². The van der Waals surface area contributed by atoms with Crippen LogP contribution in [0, 0.1) is 5.82 Å². The van der Waals surface area contributed by atoms with Gasteiger partial charge in [0.15, 0.2) is 11.5 Å². The molecule has 0 atom stereocenters. The van der Waals surface area contributed by atoms with Gasteiger partial charge in [0.2, 0.25) is 0 Å². The molecular weight excluding hydrogens is 245 g/mol. The highest BCUT2D eigenvalue weighted by Gasteiger charge is 2.03. The van der Waals surface area contributed by atoms with Crippen LogP contribution >= 0.6 is 0 Å². The van der Waals surface area contributed by atoms with Crippen molar-refractivity contribution in [1.29, 1.82) is 0 Å². The summed E-state index contributed by atoms with van der Waals surface area (Å²) in [6.07, 6.45) is 1.77. The fourth-order valence-electron chi connectivity index (χ4n) is 1.81. The van der Waals surface area contributed by atoms with E-state index in [0.717, 1.165) is 11.3 Å². The average molecular weight is 257 g/mol. The molecule has 0 aliphatic heterocycles. The first kappa shape index (κ1) is 11.6. The van der Waals surface area contributed by atoms with Crippen molar-refractivity contribution in [2.24, 2.45) is 5.73 Å². The number of fused-ring (bicyclic) bond motifs is 1. The first-order valence-corrected chi connectivity index (χ1v) is 5.82. The van der Waals surface area contributed by atoms with Crippen LogP contribution in [0.5, 0.6) is 0 Å². The van der Waals surface area contributed by atoms with Gasteiger partial charge in [-0.2, -0.15) is 0 Å². The van der Waals surface area contributed by atoms with E-state index in [1.54, 1.807) is 28.9 Å². The van der Waals surface area contributed by atoms with E-state index in [1.165, 1.54) is 12.1 Å². The Morgan fingerprint density at radius 2 is 2.16 bits per heavy atom. The Kier molecular flexibility index (Phi) is 2.85. The molecule has 96 valence electrons. The molecule has 1 aromatic carbocycles. The SMILES string of the molecule is NCc1cn2nc(Nc3cccc(F)c3)ccc2n1. The molecule has 0 radical (unpaired) electrons. The number of hydrogen-bond donors (Lipinski definition) is 2. The lowest BCUT2D eigenvalue weighted by Gasteiger charge is -2.05. The van der Waals surface area contributed by atoms with Crippen LogP contribution in [0.2, 0.25) is 0 Å². The molecule has 0 unspecified atom stereocenters. The molecule has 2 aromatic heterocycles. The molecular formula is C13H12FN5. The number of anilines is 2. The smallest absolute Gasteiger partial charge is 0.153 e. The van der Waals surface area contributed by atoms with Crippen molar-refractivity contribution in [2.45, 2.75) is 6.54 Å². The predicted molar refractivity (Wildman–Crippen MR) is 70.6 cm³/mol. The van der Waals surface area contributed by atoms with E-state index >= 15 is 0 Å². The molecule has 6 heteroatoms. The number of benzene rings is 1. The highest BCUT2D eigenvalue weighted by Crippen LogP contribution is 2.16. The third-order valence-electron chi connectivity index (χ3n) is 2.68. The third-order valence-corrected chi connectivity index (χ3v) is 2.68. The quantitative estimate of drug-likeness (QED) is 0.753. The van der Waals surface area contributed by atoms with Crippen molar-refractivity contribution in [3.8, 4) is 0 Å². The summed E-state index contributed by atoms with van der Waals surface area (Å²) in [6, 6.07) is 9.83. The average Bonchev–Trinajstić information content (AvgIpc) is 2.81. The van der Waals surface area contributed by atoms with E-state index in [9.17, 15) is 4.39 Å². The number of nitrogens with one attached hydrogen (secondary N) is 1. The zero-order valence-corrected chi connectivity index (χ0v) is 10.0. The van der Waals surface area contributed by atoms with Crippen LogP contribution in [0.3, 0.4) is 0 Å². The van der Waals surface area contributed by atoms with Crippen molar-refractivity contribution >= 4 is 17.2 Å². The molecule has 2 heterocycles. The monoisotopic (exact) mass is 257 g/mol. The number of halogens is 1. The number of rotatable bonds is 3. The summed E-state index contributed by atoms with van der Waals surface area (Å²) >= 11 is 0. The molecule has 0 spiro atoms. The van der Waals surface area contributed by atoms with Crippen molar-refractivity contribution in [3.05, 3.63) is 54.1 Å². The summed E-state index contributed by atoms with van der Waals surface area (Å²) in [5.74, 6) is 0.318. The van der Waals surface area contributed by atoms with Gasteiger partial charge in [-0.1, -0.05) is 6.07 Å². The number of aromatic nitrogens is 3. The van der Waals surface area contributed by atoms with Crippen LogP contribution in [0.25, 0.3) is 5.65 Å². The summed E-state index contributed by atoms with van der Waals surface area (Å²) in [7, 11) is 0. The first-order chi connectivity index (χ1) is 9.24. The van der Waals surface area contributed by atoms with Gasteiger partial charge >= 0.3 is 0 Å². The molecule has 19 heavy (non-hydrogen) atoms. The van der Waals surface area contributed by atoms with E-state index in [-0.39, 0.29) is 5.82 Å². The maximum absolute atomic E-state index is 13.1. The van der Waals surface area contributed by atoms with Crippen LogP contribution in [-0.4, -0.2) is 14.6 Å². The van der Waals surface area contributed by atoms with Gasteiger partial charge in [-0.05, 0) is 30.3 Å². The lowest BCUT2D eigenvalue weighted by atomic mass is 10.3. The number of imidazole rings is 1. The van der Waals surface area contributed by atoms with Gasteiger partial charge < -0.3 is 11.1 Å². The molecule has 0 saturated heterocycles. The molecule has 3 N–H and O–H groups in total. The molecule has 0 aliphatic rings. The Bertz CT molecular complexity index is 722. The number of nitrogens with two attached hydrogens (primary N) is 1. The minimum absolute atomic E-state index is 0.292. The summed E-state index contributed by atoms with van der Waals surface area (Å²) in [5, 5.41) is 7.37. The van der Waals surface area contributed by atoms with E-state index in [0.29, 0.717) is 18.1 Å². The second-order valence-corrected chi connectivity index (χ2v) is 4.09. The second-order valence-electron chi connectivity index (χ2n) is 4.09. The highest BCUT2D eigenvalue weighted by atomic mass is 19.1. The zero-order valence-electron chi connectivity index (χ0n) is 10.0. The van der Waals surface area contributed by atoms with Gasteiger partial charge in [0.05, 0.1) is 11.9 Å². The van der Waals surface area contributed by atoms with Crippen molar-refractivity contribution in [2.75, 3.05) is 5.32 Å². The summed E-state index contributed by atoms with van der Waals surface area (Å²) in [6.45, 7) is 0.371. The van der Waals surface area contributed by atoms with Crippen LogP contribution in [-0.2, 0) is 6.54 Å². The maximum atomic E-state index is 13.1. The van der Waals surface area contributed by atoms with Crippen molar-refractivity contribution in [1.82, 2.24) is 14.6 Å². The standard InChI is InChI=1S/C13H12FN5/c14-9-2-1-3-10(6-9)16-12-4-5-13-17-11(7-15)8-19(13)18-12/h1-6,8H,7,15H2,(H,16,18). The normalized spacial score (nSPS) is 10.8. The van der Waals surface area contributed by atoms with Crippen LogP contribution in [0.1, 0.15) is 5.69 Å². The maximum Gasteiger partial charge on any atom is 0.153 e. The highest BCUT2D eigenvalue weighted by molar-refractivity contribution is 5.57. The fraction of sp³-hybridized carbons (Fsp3) is 0.0769. The topological polar surface area (TPSA) is 68.2 Å². The van der Waals surface area contributed by atoms with Gasteiger partial charge in [-0.3, -0.25) is 0 Å². The second kappa shape index (κ2) is 4.66. The Labute approximate surface area is 108 Å². The Morgan fingerprint density at radius 1 is 1.26 bits per heavy atom. The molecule has 0 aliphatic carbocycles. The summed E-state index contributed by atoms with van der Waals surface area (Å²) < 4.78 is 14.7. The van der Waals surface area contributed by atoms with E-state index in [4.69, 9.17) is 5.73 Å². The minimum Gasteiger partial charge on any atom is -0.339 e. The van der Waals surface area contributed by atoms with Gasteiger partial charge in [-0.15, -0.1) is 5.10 Å². The Hall–Kier alpha value is -2.47. The lowest BCUT2D eigenvalue weighted by molar-refractivity contribution is 0.628. The molecule has 3 aromatic rings. The van der Waals surface area contributed by atoms with Crippen molar-refractivity contribution < 1.29 is 4.39 Å². The Morgan fingerprint density at radius 3 is 2.95 bits per heavy atom. The van der Waals surface area contributed by atoms with Crippen molar-refractivity contribution in [3.63, 3.8) is 0 Å². The van der Waals surface area contributed by atoms with Gasteiger partial charge in [0, 0.05) is 12.2 Å². The number of hydrogen-bond acceptors (Lipinski definition) is 4. The number of nitrogens with zero attached hydrogens (tertiary/aromatic N) is 3. The fourth-order valence-corrected chi connectivity index (χ4v) is 1.81. The van der Waals surface area contributed by atoms with E-state index in [2.05, 4.69) is 15.4 Å². The molecule has 0 amide bonds. The van der Waals surface area contributed by atoms with E-state index in [1.807, 2.05) is 6.07 Å². The van der Waals surface area contributed by atoms with Gasteiger partial charge in [0.1, 0.15) is 5.82 Å². The molecule has 0 saturated carbocycles. The molecule has 0 fully saturated rings. The summed E-state index contributed by atoms with van der Waals surface area (Å²) in [4.78, 5) is 4.28. The van der Waals surface area contributed by atoms with Gasteiger partial charge in [0.25, 0.3) is 0 Å². The van der Waals surface area contributed by atoms with Crippen LogP contribution in [0.15, 0.2) is 42.6 Å². The van der Waals surface area contributed by atoms with Gasteiger partial charge in [-0.25, -0.2) is 13.9 Å². The first-order valence-electron chi connectivity index (χ1n) is 5.82. The predicted octanol–water partition coefficient (Wildman–Crippen LogP) is 2.07. The summed E-state index contributed by atoms with van der Waals surface area (Å²) in [5.41, 5.74) is 7.68. The molecule has 0 bridgehead atoms. The zero-order chi connectivity index (χ0) is 13.2. The minimum atomic E-state index is -0.292.